The van der Waals surface area contributed by atoms with Crippen molar-refractivity contribution in [2.45, 2.75) is 39.7 Å². The molecule has 3 aromatic heterocycles. The lowest BCUT2D eigenvalue weighted by atomic mass is 9.99. The van der Waals surface area contributed by atoms with E-state index in [4.69, 9.17) is 4.98 Å². The topological polar surface area (TPSA) is 92.6 Å². The second-order valence-electron chi connectivity index (χ2n) is 8.25. The molecule has 8 heteroatoms. The lowest BCUT2D eigenvalue weighted by Gasteiger charge is -2.40. The molecule has 0 amide bonds. The van der Waals surface area contributed by atoms with E-state index in [-0.39, 0.29) is 11.5 Å². The van der Waals surface area contributed by atoms with Crippen molar-refractivity contribution in [2.24, 2.45) is 5.92 Å². The average molecular weight is 401 g/mol. The van der Waals surface area contributed by atoms with Crippen LogP contribution in [0.3, 0.4) is 0 Å². The quantitative estimate of drug-likeness (QED) is 0.663. The van der Waals surface area contributed by atoms with Crippen LogP contribution >= 0.6 is 0 Å². The lowest BCUT2D eigenvalue weighted by molar-refractivity contribution is 0.332. The fraction of sp³-hybridized carbons (Fsp3) is 0.409. The van der Waals surface area contributed by atoms with Gasteiger partial charge in [0, 0.05) is 36.5 Å². The molecular formula is C22H23N7O. The predicted octanol–water partition coefficient (Wildman–Crippen LogP) is 1.94. The molecule has 0 bridgehead atoms. The van der Waals surface area contributed by atoms with Gasteiger partial charge in [-0.3, -0.25) is 4.79 Å². The zero-order valence-electron chi connectivity index (χ0n) is 17.2. The standard InChI is InChI=1S/C22H23N7O/c1-14-8-15(2)29(25-14)20-6-7-21(30)28(26-20)13-16-11-27(12-16)22-18(10-23)9-17-4-3-5-19(17)24-22/h6-9,16H,3-5,11-13H2,1-2H3. The van der Waals surface area contributed by atoms with Gasteiger partial charge < -0.3 is 4.90 Å². The molecule has 2 aliphatic rings. The molecule has 1 saturated heterocycles. The normalized spacial score (nSPS) is 15.7. The highest BCUT2D eigenvalue weighted by molar-refractivity contribution is 5.58. The maximum absolute atomic E-state index is 12.4. The summed E-state index contributed by atoms with van der Waals surface area (Å²) < 4.78 is 3.28. The number of aromatic nitrogens is 5. The minimum atomic E-state index is -0.118. The van der Waals surface area contributed by atoms with Crippen molar-refractivity contribution >= 4 is 5.82 Å². The van der Waals surface area contributed by atoms with Crippen molar-refractivity contribution in [3.8, 4) is 11.9 Å². The van der Waals surface area contributed by atoms with Crippen LogP contribution in [0.2, 0.25) is 0 Å². The fourth-order valence-corrected chi connectivity index (χ4v) is 4.43. The van der Waals surface area contributed by atoms with Crippen molar-refractivity contribution in [1.29, 1.82) is 5.26 Å². The van der Waals surface area contributed by atoms with Gasteiger partial charge in [-0.05, 0) is 56.9 Å². The Hall–Kier alpha value is -3.47. The predicted molar refractivity (Wildman–Crippen MR) is 112 cm³/mol. The minimum absolute atomic E-state index is 0.118. The van der Waals surface area contributed by atoms with Crippen LogP contribution in [-0.4, -0.2) is 37.6 Å². The maximum atomic E-state index is 12.4. The summed E-state index contributed by atoms with van der Waals surface area (Å²) in [4.78, 5) is 19.3. The Balaban J connectivity index is 1.33. The second kappa shape index (κ2) is 7.10. The van der Waals surface area contributed by atoms with Crippen molar-refractivity contribution in [3.05, 3.63) is 62.8 Å². The molecular weight excluding hydrogens is 378 g/mol. The van der Waals surface area contributed by atoms with Crippen LogP contribution in [0.15, 0.2) is 29.1 Å². The number of aryl methyl sites for hydroxylation is 4. The molecule has 0 N–H and O–H groups in total. The molecule has 4 heterocycles. The minimum Gasteiger partial charge on any atom is -0.355 e. The third-order valence-electron chi connectivity index (χ3n) is 5.92. The molecule has 30 heavy (non-hydrogen) atoms. The van der Waals surface area contributed by atoms with Crippen molar-refractivity contribution < 1.29 is 0 Å². The summed E-state index contributed by atoms with van der Waals surface area (Å²) in [5.74, 6) is 1.71. The SMILES string of the molecule is Cc1cc(C)n(-c2ccc(=O)n(CC3CN(c4nc5c(cc4C#N)CCC5)C3)n2)n1. The Bertz CT molecular complexity index is 1230. The number of pyridine rings is 1. The molecule has 1 aliphatic heterocycles. The first-order chi connectivity index (χ1) is 14.5. The smallest absolute Gasteiger partial charge is 0.266 e. The van der Waals surface area contributed by atoms with Crippen molar-refractivity contribution in [1.82, 2.24) is 24.5 Å². The van der Waals surface area contributed by atoms with Crippen molar-refractivity contribution in [2.75, 3.05) is 18.0 Å². The van der Waals surface area contributed by atoms with Gasteiger partial charge in [-0.1, -0.05) is 0 Å². The monoisotopic (exact) mass is 401 g/mol. The number of nitrogens with zero attached hydrogens (tertiary/aromatic N) is 7. The van der Waals surface area contributed by atoms with Gasteiger partial charge in [0.05, 0.1) is 17.8 Å². The van der Waals surface area contributed by atoms with Gasteiger partial charge in [0.2, 0.25) is 0 Å². The van der Waals surface area contributed by atoms with Crippen molar-refractivity contribution in [3.63, 3.8) is 0 Å². The van der Waals surface area contributed by atoms with E-state index in [2.05, 4.69) is 21.2 Å². The molecule has 0 unspecified atom stereocenters. The highest BCUT2D eigenvalue weighted by Crippen LogP contribution is 2.31. The van der Waals surface area contributed by atoms with E-state index in [1.165, 1.54) is 10.2 Å². The summed E-state index contributed by atoms with van der Waals surface area (Å²) in [7, 11) is 0. The van der Waals surface area contributed by atoms with Crippen LogP contribution in [-0.2, 0) is 19.4 Å². The first-order valence-electron chi connectivity index (χ1n) is 10.3. The molecule has 1 fully saturated rings. The number of anilines is 1. The summed E-state index contributed by atoms with van der Waals surface area (Å²) in [5, 5.41) is 18.5. The molecule has 1 aliphatic carbocycles. The molecule has 5 rings (SSSR count). The Kier molecular flexibility index (Phi) is 4.39. The third-order valence-corrected chi connectivity index (χ3v) is 5.92. The average Bonchev–Trinajstić information content (AvgIpc) is 3.29. The van der Waals surface area contributed by atoms with Gasteiger partial charge in [0.15, 0.2) is 5.82 Å². The second-order valence-corrected chi connectivity index (χ2v) is 8.25. The van der Waals surface area contributed by atoms with Crippen LogP contribution in [0.4, 0.5) is 5.82 Å². The highest BCUT2D eigenvalue weighted by Gasteiger charge is 2.31. The van der Waals surface area contributed by atoms with E-state index in [1.807, 2.05) is 26.0 Å². The van der Waals surface area contributed by atoms with Crippen LogP contribution < -0.4 is 10.5 Å². The molecule has 0 radical (unpaired) electrons. The highest BCUT2D eigenvalue weighted by atomic mass is 16.1. The van der Waals surface area contributed by atoms with Gasteiger partial charge >= 0.3 is 0 Å². The maximum Gasteiger partial charge on any atom is 0.266 e. The Morgan fingerprint density at radius 2 is 2.00 bits per heavy atom. The number of rotatable bonds is 4. The van der Waals surface area contributed by atoms with Crippen LogP contribution in [0.25, 0.3) is 5.82 Å². The van der Waals surface area contributed by atoms with E-state index in [9.17, 15) is 10.1 Å². The molecule has 0 spiro atoms. The summed E-state index contributed by atoms with van der Waals surface area (Å²) in [6.07, 6.45) is 3.11. The fourth-order valence-electron chi connectivity index (χ4n) is 4.43. The molecule has 3 aromatic rings. The Morgan fingerprint density at radius 1 is 1.17 bits per heavy atom. The molecule has 0 saturated carbocycles. The molecule has 152 valence electrons. The van der Waals surface area contributed by atoms with Crippen LogP contribution in [0.1, 0.15) is 34.6 Å². The van der Waals surface area contributed by atoms with E-state index >= 15 is 0 Å². The molecule has 0 atom stereocenters. The largest absolute Gasteiger partial charge is 0.355 e. The van der Waals surface area contributed by atoms with E-state index in [0.717, 1.165) is 55.3 Å². The zero-order chi connectivity index (χ0) is 20.8. The van der Waals surface area contributed by atoms with E-state index < -0.39 is 0 Å². The Labute approximate surface area is 174 Å². The first kappa shape index (κ1) is 18.6. The van der Waals surface area contributed by atoms with Crippen LogP contribution in [0, 0.1) is 31.1 Å². The number of fused-ring (bicyclic) bond motifs is 1. The van der Waals surface area contributed by atoms with Gasteiger partial charge in [-0.2, -0.15) is 10.4 Å². The van der Waals surface area contributed by atoms with Gasteiger partial charge in [0.1, 0.15) is 11.9 Å². The summed E-state index contributed by atoms with van der Waals surface area (Å²) in [6.45, 7) is 5.97. The number of hydrogen-bond donors (Lipinski definition) is 0. The molecule has 8 nitrogen and oxygen atoms in total. The van der Waals surface area contributed by atoms with Gasteiger partial charge in [0.25, 0.3) is 5.56 Å². The van der Waals surface area contributed by atoms with Crippen LogP contribution in [0.5, 0.6) is 0 Å². The zero-order valence-corrected chi connectivity index (χ0v) is 17.2. The van der Waals surface area contributed by atoms with E-state index in [0.29, 0.717) is 17.9 Å². The summed E-state index contributed by atoms with van der Waals surface area (Å²) in [6, 6.07) is 9.54. The van der Waals surface area contributed by atoms with Gasteiger partial charge in [-0.25, -0.2) is 14.3 Å². The van der Waals surface area contributed by atoms with Gasteiger partial charge in [-0.15, -0.1) is 5.10 Å². The van der Waals surface area contributed by atoms with E-state index in [1.54, 1.807) is 16.8 Å². The first-order valence-corrected chi connectivity index (χ1v) is 10.3. The molecule has 0 aromatic carbocycles. The number of hydrogen-bond acceptors (Lipinski definition) is 6. The third kappa shape index (κ3) is 3.16. The number of nitriles is 1. The summed E-state index contributed by atoms with van der Waals surface area (Å²) in [5.41, 5.74) is 4.76. The summed E-state index contributed by atoms with van der Waals surface area (Å²) >= 11 is 0. The Morgan fingerprint density at radius 3 is 2.73 bits per heavy atom. The lowest BCUT2D eigenvalue weighted by Crippen LogP contribution is -2.50.